The van der Waals surface area contributed by atoms with Gasteiger partial charge in [0.25, 0.3) is 0 Å². The van der Waals surface area contributed by atoms with E-state index < -0.39 is 12.2 Å². The van der Waals surface area contributed by atoms with Gasteiger partial charge in [-0.1, -0.05) is 35.0 Å². The van der Waals surface area contributed by atoms with Gasteiger partial charge in [-0.15, -0.1) is 0 Å². The zero-order valence-corrected chi connectivity index (χ0v) is 17.7. The molecule has 2 bridgehead atoms. The lowest BCUT2D eigenvalue weighted by Crippen LogP contribution is -2.21. The fourth-order valence-electron chi connectivity index (χ4n) is 4.86. The zero-order chi connectivity index (χ0) is 19.3. The predicted molar refractivity (Wildman–Crippen MR) is 110 cm³/mol. The summed E-state index contributed by atoms with van der Waals surface area (Å²) in [5, 5.41) is 21.6. The average molecular weight is 435 g/mol. The second-order valence-electron chi connectivity index (χ2n) is 8.43. The molecule has 0 heterocycles. The van der Waals surface area contributed by atoms with Gasteiger partial charge in [0.15, 0.2) is 0 Å². The molecule has 1 fully saturated rings. The minimum atomic E-state index is -0.529. The average Bonchev–Trinajstić information content (AvgIpc) is 3.12. The van der Waals surface area contributed by atoms with Crippen LogP contribution < -0.4 is 9.47 Å². The number of hydrogen-bond acceptors (Lipinski definition) is 4. The molecule has 1 saturated carbocycles. The van der Waals surface area contributed by atoms with Crippen molar-refractivity contribution in [3.8, 4) is 11.5 Å². The van der Waals surface area contributed by atoms with Crippen molar-refractivity contribution in [1.29, 1.82) is 0 Å². The normalized spacial score (nSPS) is 25.5. The lowest BCUT2D eigenvalue weighted by molar-refractivity contribution is 0.120. The molecule has 2 aromatic carbocycles. The molecule has 2 aliphatic carbocycles. The molecule has 27 heavy (non-hydrogen) atoms. The molecule has 0 aliphatic heterocycles. The molecule has 4 rings (SSSR count). The van der Waals surface area contributed by atoms with Crippen LogP contribution >= 0.6 is 15.9 Å². The molecular formula is C22H27BrO4. The molecular weight excluding hydrogens is 408 g/mol. The van der Waals surface area contributed by atoms with Crippen molar-refractivity contribution in [3.63, 3.8) is 0 Å². The van der Waals surface area contributed by atoms with Crippen molar-refractivity contribution in [1.82, 2.24) is 0 Å². The molecule has 2 N–H and O–H groups in total. The van der Waals surface area contributed by atoms with Crippen LogP contribution in [0.3, 0.4) is 0 Å². The third-order valence-electron chi connectivity index (χ3n) is 5.92. The summed E-state index contributed by atoms with van der Waals surface area (Å²) in [6.07, 6.45) is 2.34. The first-order valence-electron chi connectivity index (χ1n) is 9.72. The number of ether oxygens (including phenoxy) is 2. The van der Waals surface area contributed by atoms with Gasteiger partial charge in [-0.25, -0.2) is 0 Å². The highest BCUT2D eigenvalue weighted by molar-refractivity contribution is 9.10. The molecule has 2 aromatic rings. The molecule has 4 unspecified atom stereocenters. The Morgan fingerprint density at radius 2 is 1.81 bits per heavy atom. The van der Waals surface area contributed by atoms with Gasteiger partial charge in [0, 0.05) is 26.4 Å². The standard InChI is InChI=1S/C22H27BrO4/c1-12(24)10-26-20-15-5-4-6-16(23)18(15)21(27-11-13(2)25)17-14-7-8-22(3,9-14)19(17)20/h4-6,12-14,24-25H,7-11H2,1-3H3. The summed E-state index contributed by atoms with van der Waals surface area (Å²) in [4.78, 5) is 0. The SMILES string of the molecule is CC(O)COc1c2c(c(OCC(C)O)c3c(Br)cccc13)C1CCC2(C)C1. The summed E-state index contributed by atoms with van der Waals surface area (Å²) in [6.45, 7) is 6.33. The number of hydrogen-bond donors (Lipinski definition) is 2. The minimum absolute atomic E-state index is 0.0769. The Morgan fingerprint density at radius 1 is 1.15 bits per heavy atom. The third-order valence-corrected chi connectivity index (χ3v) is 6.58. The van der Waals surface area contributed by atoms with Gasteiger partial charge in [0.1, 0.15) is 24.7 Å². The van der Waals surface area contributed by atoms with Crippen LogP contribution in [0.2, 0.25) is 0 Å². The molecule has 0 saturated heterocycles. The maximum absolute atomic E-state index is 9.80. The first kappa shape index (κ1) is 19.0. The highest BCUT2D eigenvalue weighted by atomic mass is 79.9. The molecule has 0 amide bonds. The van der Waals surface area contributed by atoms with Crippen molar-refractivity contribution in [2.24, 2.45) is 0 Å². The van der Waals surface area contributed by atoms with Crippen LogP contribution in [-0.4, -0.2) is 35.6 Å². The van der Waals surface area contributed by atoms with Crippen LogP contribution in [0.5, 0.6) is 11.5 Å². The Hall–Kier alpha value is -1.30. The number of benzene rings is 2. The maximum Gasteiger partial charge on any atom is 0.132 e. The smallest absolute Gasteiger partial charge is 0.132 e. The van der Waals surface area contributed by atoms with E-state index in [4.69, 9.17) is 9.47 Å². The van der Waals surface area contributed by atoms with E-state index in [9.17, 15) is 10.2 Å². The number of halogens is 1. The van der Waals surface area contributed by atoms with Crippen LogP contribution in [0.15, 0.2) is 22.7 Å². The van der Waals surface area contributed by atoms with Gasteiger partial charge in [-0.05, 0) is 50.5 Å². The first-order valence-corrected chi connectivity index (χ1v) is 10.5. The largest absolute Gasteiger partial charge is 0.490 e. The number of aliphatic hydroxyl groups is 2. The van der Waals surface area contributed by atoms with E-state index in [0.29, 0.717) is 5.92 Å². The molecule has 2 aliphatic rings. The van der Waals surface area contributed by atoms with E-state index in [1.54, 1.807) is 13.8 Å². The van der Waals surface area contributed by atoms with Crippen LogP contribution in [0.4, 0.5) is 0 Å². The number of rotatable bonds is 6. The minimum Gasteiger partial charge on any atom is -0.490 e. The third kappa shape index (κ3) is 3.14. The topological polar surface area (TPSA) is 58.9 Å². The first-order chi connectivity index (χ1) is 12.8. The number of fused-ring (bicyclic) bond motifs is 6. The summed E-state index contributed by atoms with van der Waals surface area (Å²) < 4.78 is 13.4. The van der Waals surface area contributed by atoms with E-state index in [0.717, 1.165) is 46.0 Å². The lowest BCUT2D eigenvalue weighted by atomic mass is 9.78. The highest BCUT2D eigenvalue weighted by Crippen LogP contribution is 2.64. The van der Waals surface area contributed by atoms with Crippen LogP contribution in [0.1, 0.15) is 57.1 Å². The van der Waals surface area contributed by atoms with Gasteiger partial charge in [0.05, 0.1) is 12.2 Å². The summed E-state index contributed by atoms with van der Waals surface area (Å²) in [5.74, 6) is 2.22. The molecule has 4 atom stereocenters. The van der Waals surface area contributed by atoms with Crippen molar-refractivity contribution >= 4 is 26.7 Å². The monoisotopic (exact) mass is 434 g/mol. The van der Waals surface area contributed by atoms with Crippen molar-refractivity contribution < 1.29 is 19.7 Å². The van der Waals surface area contributed by atoms with Crippen LogP contribution in [-0.2, 0) is 5.41 Å². The fourth-order valence-corrected chi connectivity index (χ4v) is 5.41. The lowest BCUT2D eigenvalue weighted by Gasteiger charge is -2.30. The van der Waals surface area contributed by atoms with Crippen LogP contribution in [0, 0.1) is 0 Å². The Bertz CT molecular complexity index is 876. The second-order valence-corrected chi connectivity index (χ2v) is 9.28. The fraction of sp³-hybridized carbons (Fsp3) is 0.545. The second kappa shape index (κ2) is 6.94. The van der Waals surface area contributed by atoms with Gasteiger partial charge in [0.2, 0.25) is 0 Å². The van der Waals surface area contributed by atoms with Crippen LogP contribution in [0.25, 0.3) is 10.8 Å². The maximum atomic E-state index is 9.80. The van der Waals surface area contributed by atoms with Gasteiger partial charge < -0.3 is 19.7 Å². The summed E-state index contributed by atoms with van der Waals surface area (Å²) in [7, 11) is 0. The molecule has 0 radical (unpaired) electrons. The van der Waals surface area contributed by atoms with E-state index in [1.807, 2.05) is 12.1 Å². The Kier molecular flexibility index (Phi) is 4.90. The zero-order valence-electron chi connectivity index (χ0n) is 16.1. The van der Waals surface area contributed by atoms with E-state index in [-0.39, 0.29) is 18.6 Å². The van der Waals surface area contributed by atoms with Crippen molar-refractivity contribution in [2.45, 2.75) is 63.6 Å². The molecule has 146 valence electrons. The predicted octanol–water partition coefficient (Wildman–Crippen LogP) is 4.66. The highest BCUT2D eigenvalue weighted by Gasteiger charge is 2.50. The Morgan fingerprint density at radius 3 is 2.48 bits per heavy atom. The molecule has 0 aromatic heterocycles. The summed E-state index contributed by atoms with van der Waals surface area (Å²) in [5.41, 5.74) is 2.56. The Labute approximate surface area is 168 Å². The van der Waals surface area contributed by atoms with E-state index >= 15 is 0 Å². The van der Waals surface area contributed by atoms with Gasteiger partial charge >= 0.3 is 0 Å². The van der Waals surface area contributed by atoms with E-state index in [1.165, 1.54) is 11.1 Å². The van der Waals surface area contributed by atoms with Crippen molar-refractivity contribution in [3.05, 3.63) is 33.8 Å². The van der Waals surface area contributed by atoms with Crippen molar-refractivity contribution in [2.75, 3.05) is 13.2 Å². The molecule has 5 heteroatoms. The van der Waals surface area contributed by atoms with Gasteiger partial charge in [-0.2, -0.15) is 0 Å². The van der Waals surface area contributed by atoms with Gasteiger partial charge in [-0.3, -0.25) is 0 Å². The Balaban J connectivity index is 2.00. The van der Waals surface area contributed by atoms with E-state index in [2.05, 4.69) is 28.9 Å². The molecule has 4 nitrogen and oxygen atoms in total. The number of aliphatic hydroxyl groups excluding tert-OH is 2. The quantitative estimate of drug-likeness (QED) is 0.693. The summed E-state index contributed by atoms with van der Waals surface area (Å²) >= 11 is 3.70. The summed E-state index contributed by atoms with van der Waals surface area (Å²) in [6, 6.07) is 6.07. The molecule has 0 spiro atoms.